The van der Waals surface area contributed by atoms with Crippen LogP contribution in [0.3, 0.4) is 0 Å². The average Bonchev–Trinajstić information content (AvgIpc) is 3.33. The summed E-state index contributed by atoms with van der Waals surface area (Å²) >= 11 is 0. The Hall–Kier alpha value is -3.10. The molecule has 9 nitrogen and oxygen atoms in total. The van der Waals surface area contributed by atoms with Gasteiger partial charge in [0.15, 0.2) is 5.82 Å². The maximum Gasteiger partial charge on any atom is 0.410 e. The summed E-state index contributed by atoms with van der Waals surface area (Å²) in [4.78, 5) is 18.9. The first-order chi connectivity index (χ1) is 14.3. The van der Waals surface area contributed by atoms with Crippen molar-refractivity contribution in [2.75, 3.05) is 25.0 Å². The van der Waals surface area contributed by atoms with Crippen LogP contribution in [0.1, 0.15) is 33.6 Å². The second kappa shape index (κ2) is 7.97. The largest absolute Gasteiger partial charge is 0.444 e. The third kappa shape index (κ3) is 4.55. The second-order valence-corrected chi connectivity index (χ2v) is 8.83. The second-order valence-electron chi connectivity index (χ2n) is 8.83. The standard InChI is InChI=1S/C21H29N7O2/c1-21(2,3)30-20(29)27-9-6-15(7-10-27)11-22-19-18-5-8-23-28(18)14-17(25-19)16-12-24-26(4)13-16/h5,8,12-15H,6-7,9-11H2,1-4H3,(H,22,25). The zero-order valence-corrected chi connectivity index (χ0v) is 18.0. The summed E-state index contributed by atoms with van der Waals surface area (Å²) in [5, 5.41) is 12.1. The third-order valence-electron chi connectivity index (χ3n) is 5.21. The Morgan fingerprint density at radius 3 is 2.67 bits per heavy atom. The van der Waals surface area contributed by atoms with Crippen LogP contribution in [0.15, 0.2) is 30.9 Å². The van der Waals surface area contributed by atoms with E-state index in [1.54, 1.807) is 22.0 Å². The first-order valence-electron chi connectivity index (χ1n) is 10.3. The quantitative estimate of drug-likeness (QED) is 0.709. The maximum atomic E-state index is 12.3. The van der Waals surface area contributed by atoms with Gasteiger partial charge in [0.2, 0.25) is 0 Å². The fourth-order valence-electron chi connectivity index (χ4n) is 3.64. The number of carbonyl (C=O) groups is 1. The zero-order chi connectivity index (χ0) is 21.3. The Labute approximate surface area is 176 Å². The van der Waals surface area contributed by atoms with Crippen LogP contribution in [0.2, 0.25) is 0 Å². The Kier molecular flexibility index (Phi) is 5.36. The lowest BCUT2D eigenvalue weighted by molar-refractivity contribution is 0.0188. The molecule has 1 saturated heterocycles. The Balaban J connectivity index is 1.40. The molecule has 0 atom stereocenters. The number of piperidine rings is 1. The number of aryl methyl sites for hydroxylation is 1. The van der Waals surface area contributed by atoms with Gasteiger partial charge in [0.25, 0.3) is 0 Å². The molecule has 0 radical (unpaired) electrons. The van der Waals surface area contributed by atoms with Gasteiger partial charge in [-0.15, -0.1) is 0 Å². The molecule has 1 aliphatic rings. The lowest BCUT2D eigenvalue weighted by atomic mass is 9.97. The topological polar surface area (TPSA) is 89.6 Å². The molecule has 1 N–H and O–H groups in total. The summed E-state index contributed by atoms with van der Waals surface area (Å²) in [5.41, 5.74) is 2.25. The van der Waals surface area contributed by atoms with Crippen LogP contribution in [0, 0.1) is 5.92 Å². The van der Waals surface area contributed by atoms with E-state index in [1.165, 1.54) is 0 Å². The molecule has 0 aliphatic carbocycles. The number of hydrogen-bond donors (Lipinski definition) is 1. The van der Waals surface area contributed by atoms with Gasteiger partial charge in [-0.1, -0.05) is 0 Å². The van der Waals surface area contributed by atoms with Gasteiger partial charge < -0.3 is 15.0 Å². The fraction of sp³-hybridized carbons (Fsp3) is 0.524. The molecule has 1 aliphatic heterocycles. The molecule has 0 spiro atoms. The van der Waals surface area contributed by atoms with Crippen molar-refractivity contribution in [3.63, 3.8) is 0 Å². The number of aromatic nitrogens is 5. The Morgan fingerprint density at radius 1 is 1.23 bits per heavy atom. The first-order valence-corrected chi connectivity index (χ1v) is 10.3. The van der Waals surface area contributed by atoms with E-state index in [0.717, 1.165) is 42.0 Å². The summed E-state index contributed by atoms with van der Waals surface area (Å²) in [5.74, 6) is 1.28. The van der Waals surface area contributed by atoms with E-state index in [4.69, 9.17) is 9.72 Å². The maximum absolute atomic E-state index is 12.3. The molecule has 9 heteroatoms. The van der Waals surface area contributed by atoms with Crippen LogP contribution in [0.25, 0.3) is 16.8 Å². The number of ether oxygens (including phenoxy) is 1. The van der Waals surface area contributed by atoms with Crippen molar-refractivity contribution >= 4 is 17.4 Å². The molecule has 30 heavy (non-hydrogen) atoms. The smallest absolute Gasteiger partial charge is 0.410 e. The van der Waals surface area contributed by atoms with Gasteiger partial charge in [-0.2, -0.15) is 10.2 Å². The summed E-state index contributed by atoms with van der Waals surface area (Å²) in [6.07, 6.45) is 9.07. The van der Waals surface area contributed by atoms with E-state index >= 15 is 0 Å². The van der Waals surface area contributed by atoms with E-state index in [1.807, 2.05) is 50.8 Å². The van der Waals surface area contributed by atoms with Crippen molar-refractivity contribution in [3.05, 3.63) is 30.9 Å². The van der Waals surface area contributed by atoms with Gasteiger partial charge in [0, 0.05) is 38.4 Å². The van der Waals surface area contributed by atoms with Gasteiger partial charge in [0.05, 0.1) is 24.3 Å². The highest BCUT2D eigenvalue weighted by atomic mass is 16.6. The summed E-state index contributed by atoms with van der Waals surface area (Å²) < 4.78 is 9.08. The molecule has 4 rings (SSSR count). The summed E-state index contributed by atoms with van der Waals surface area (Å²) in [7, 11) is 1.89. The van der Waals surface area contributed by atoms with Crippen molar-refractivity contribution in [1.82, 2.24) is 29.3 Å². The van der Waals surface area contributed by atoms with Crippen LogP contribution in [-0.2, 0) is 11.8 Å². The lowest BCUT2D eigenvalue weighted by Crippen LogP contribution is -2.42. The molecular formula is C21H29N7O2. The Morgan fingerprint density at radius 2 is 2.00 bits per heavy atom. The molecule has 1 fully saturated rings. The number of nitrogens with zero attached hydrogens (tertiary/aromatic N) is 6. The van der Waals surface area contributed by atoms with E-state index in [2.05, 4.69) is 15.5 Å². The third-order valence-corrected chi connectivity index (χ3v) is 5.21. The SMILES string of the molecule is Cn1cc(-c2cn3nccc3c(NCC3CCN(C(=O)OC(C)(C)C)CC3)n2)cn1. The van der Waals surface area contributed by atoms with Crippen LogP contribution in [0.5, 0.6) is 0 Å². The highest BCUT2D eigenvalue weighted by Crippen LogP contribution is 2.24. The van der Waals surface area contributed by atoms with Gasteiger partial charge in [0.1, 0.15) is 11.1 Å². The van der Waals surface area contributed by atoms with Gasteiger partial charge in [-0.05, 0) is 45.6 Å². The number of carbonyl (C=O) groups excluding carboxylic acids is 1. The number of hydrogen-bond acceptors (Lipinski definition) is 6. The van der Waals surface area contributed by atoms with Crippen molar-refractivity contribution in [2.45, 2.75) is 39.2 Å². The van der Waals surface area contributed by atoms with Crippen molar-refractivity contribution in [3.8, 4) is 11.3 Å². The van der Waals surface area contributed by atoms with Crippen LogP contribution >= 0.6 is 0 Å². The van der Waals surface area contributed by atoms with E-state index < -0.39 is 5.60 Å². The van der Waals surface area contributed by atoms with E-state index in [0.29, 0.717) is 19.0 Å². The van der Waals surface area contributed by atoms with Crippen LogP contribution < -0.4 is 5.32 Å². The van der Waals surface area contributed by atoms with Crippen molar-refractivity contribution < 1.29 is 9.53 Å². The molecule has 0 bridgehead atoms. The van der Waals surface area contributed by atoms with Gasteiger partial charge >= 0.3 is 6.09 Å². The molecule has 160 valence electrons. The normalized spacial score (nSPS) is 15.5. The summed E-state index contributed by atoms with van der Waals surface area (Å²) in [6.45, 7) is 7.91. The van der Waals surface area contributed by atoms with E-state index in [9.17, 15) is 4.79 Å². The summed E-state index contributed by atoms with van der Waals surface area (Å²) in [6, 6.07) is 1.95. The highest BCUT2D eigenvalue weighted by molar-refractivity contribution is 5.71. The minimum absolute atomic E-state index is 0.222. The van der Waals surface area contributed by atoms with Gasteiger partial charge in [-0.25, -0.2) is 14.3 Å². The van der Waals surface area contributed by atoms with E-state index in [-0.39, 0.29) is 6.09 Å². The Bertz CT molecular complexity index is 1030. The lowest BCUT2D eigenvalue weighted by Gasteiger charge is -2.33. The predicted octanol–water partition coefficient (Wildman–Crippen LogP) is 3.19. The van der Waals surface area contributed by atoms with Gasteiger partial charge in [-0.3, -0.25) is 4.68 Å². The predicted molar refractivity (Wildman–Crippen MR) is 114 cm³/mol. The minimum Gasteiger partial charge on any atom is -0.444 e. The monoisotopic (exact) mass is 411 g/mol. The molecule has 3 aromatic rings. The van der Waals surface area contributed by atoms with Crippen molar-refractivity contribution in [1.29, 1.82) is 0 Å². The zero-order valence-electron chi connectivity index (χ0n) is 18.0. The number of anilines is 1. The molecular weight excluding hydrogens is 382 g/mol. The fourth-order valence-corrected chi connectivity index (χ4v) is 3.64. The minimum atomic E-state index is -0.461. The number of likely N-dealkylation sites (tertiary alicyclic amines) is 1. The molecule has 1 amide bonds. The highest BCUT2D eigenvalue weighted by Gasteiger charge is 2.27. The number of fused-ring (bicyclic) bond motifs is 1. The number of nitrogens with one attached hydrogen (secondary N) is 1. The average molecular weight is 412 g/mol. The molecule has 0 unspecified atom stereocenters. The molecule has 0 saturated carbocycles. The van der Waals surface area contributed by atoms with Crippen molar-refractivity contribution in [2.24, 2.45) is 13.0 Å². The molecule has 3 aromatic heterocycles. The first kappa shape index (κ1) is 20.2. The number of rotatable bonds is 4. The molecule has 0 aromatic carbocycles. The number of amides is 1. The molecule has 4 heterocycles. The van der Waals surface area contributed by atoms with Crippen LogP contribution in [-0.4, -0.2) is 60.6 Å². The van der Waals surface area contributed by atoms with Crippen LogP contribution in [0.4, 0.5) is 10.6 Å².